The van der Waals surface area contributed by atoms with Gasteiger partial charge in [0.05, 0.1) is 16.8 Å². The van der Waals surface area contributed by atoms with Crippen LogP contribution in [0, 0.1) is 0 Å². The number of para-hydroxylation sites is 1. The Balaban J connectivity index is 2.59. The Kier molecular flexibility index (Phi) is 4.14. The molecule has 0 fully saturated rings. The van der Waals surface area contributed by atoms with Crippen molar-refractivity contribution in [3.63, 3.8) is 0 Å². The molecule has 4 nitrogen and oxygen atoms in total. The van der Waals surface area contributed by atoms with Gasteiger partial charge in [0.2, 0.25) is 0 Å². The Bertz CT molecular complexity index is 654. The van der Waals surface area contributed by atoms with Crippen LogP contribution in [0.1, 0.15) is 5.82 Å². The highest BCUT2D eigenvalue weighted by Gasteiger charge is 2.10. The second-order valence-corrected chi connectivity index (χ2v) is 5.73. The second-order valence-electron chi connectivity index (χ2n) is 3.91. The van der Waals surface area contributed by atoms with E-state index in [2.05, 4.69) is 4.98 Å². The van der Waals surface area contributed by atoms with Crippen molar-refractivity contribution >= 4 is 33.3 Å². The summed E-state index contributed by atoms with van der Waals surface area (Å²) in [4.78, 5) is 16.7. The van der Waals surface area contributed by atoms with Crippen molar-refractivity contribution in [3.05, 3.63) is 40.4 Å². The monoisotopic (exact) mass is 284 g/mol. The number of fused-ring (bicyclic) bond motifs is 1. The second kappa shape index (κ2) is 5.63. The molecule has 0 aliphatic rings. The smallest absolute Gasteiger partial charge is 0.261 e. The van der Waals surface area contributed by atoms with Crippen molar-refractivity contribution < 1.29 is 4.21 Å². The molecule has 0 bridgehead atoms. The van der Waals surface area contributed by atoms with E-state index in [1.807, 2.05) is 6.07 Å². The van der Waals surface area contributed by atoms with E-state index in [-0.39, 0.29) is 11.4 Å². The molecule has 18 heavy (non-hydrogen) atoms. The fourth-order valence-corrected chi connectivity index (χ4v) is 2.41. The number of hydrogen-bond acceptors (Lipinski definition) is 3. The number of benzene rings is 1. The fraction of sp³-hybridized carbons (Fsp3) is 0.333. The highest BCUT2D eigenvalue weighted by atomic mass is 35.5. The lowest BCUT2D eigenvalue weighted by molar-refractivity contribution is 0.659. The maximum absolute atomic E-state index is 12.3. The third-order valence-corrected chi connectivity index (χ3v) is 3.66. The molecule has 2 aromatic rings. The highest BCUT2D eigenvalue weighted by molar-refractivity contribution is 7.84. The van der Waals surface area contributed by atoms with E-state index in [0.29, 0.717) is 29.0 Å². The Morgan fingerprint density at radius 3 is 2.78 bits per heavy atom. The number of nitrogens with zero attached hydrogens (tertiary/aromatic N) is 2. The van der Waals surface area contributed by atoms with Gasteiger partial charge in [-0.2, -0.15) is 0 Å². The minimum absolute atomic E-state index is 0.123. The number of rotatable bonds is 4. The Morgan fingerprint density at radius 1 is 1.39 bits per heavy atom. The largest absolute Gasteiger partial charge is 0.294 e. The van der Waals surface area contributed by atoms with Crippen LogP contribution in [-0.2, 0) is 23.2 Å². The Hall–Kier alpha value is -1.20. The number of aromatic nitrogens is 2. The first-order valence-corrected chi connectivity index (χ1v) is 7.74. The summed E-state index contributed by atoms with van der Waals surface area (Å²) in [6.45, 7) is 0.377. The molecule has 1 aromatic carbocycles. The lowest BCUT2D eigenvalue weighted by Gasteiger charge is -2.10. The first-order valence-electron chi connectivity index (χ1n) is 5.48. The molecule has 0 amide bonds. The minimum atomic E-state index is -0.949. The van der Waals surface area contributed by atoms with Crippen LogP contribution in [0.4, 0.5) is 0 Å². The normalized spacial score (nSPS) is 12.8. The van der Waals surface area contributed by atoms with Crippen LogP contribution in [0.3, 0.4) is 0 Å². The van der Waals surface area contributed by atoms with Crippen LogP contribution in [0.2, 0.25) is 0 Å². The maximum Gasteiger partial charge on any atom is 0.261 e. The van der Waals surface area contributed by atoms with E-state index in [1.165, 1.54) is 4.57 Å². The van der Waals surface area contributed by atoms with E-state index in [4.69, 9.17) is 11.6 Å². The molecular formula is C12H13ClN2O2S. The first-order chi connectivity index (χ1) is 8.63. The summed E-state index contributed by atoms with van der Waals surface area (Å²) >= 11 is 5.82. The lowest BCUT2D eigenvalue weighted by atomic mass is 10.2. The molecule has 0 saturated heterocycles. The molecule has 6 heteroatoms. The van der Waals surface area contributed by atoms with Crippen molar-refractivity contribution in [2.75, 3.05) is 12.0 Å². The van der Waals surface area contributed by atoms with Gasteiger partial charge in [-0.15, -0.1) is 11.6 Å². The summed E-state index contributed by atoms with van der Waals surface area (Å²) in [5.74, 6) is 1.10. The standard InChI is InChI=1S/C12H13ClN2O2S/c1-18(17)7-6-15-11(8-13)14-10-5-3-2-4-9(10)12(15)16/h2-5H,6-8H2,1H3. The summed E-state index contributed by atoms with van der Waals surface area (Å²) in [5, 5.41) is 0.563. The van der Waals surface area contributed by atoms with E-state index >= 15 is 0 Å². The Morgan fingerprint density at radius 2 is 2.11 bits per heavy atom. The zero-order chi connectivity index (χ0) is 13.1. The predicted molar refractivity (Wildman–Crippen MR) is 74.5 cm³/mol. The van der Waals surface area contributed by atoms with Crippen LogP contribution in [-0.4, -0.2) is 25.8 Å². The third-order valence-electron chi connectivity index (χ3n) is 2.66. The molecule has 1 heterocycles. The zero-order valence-corrected chi connectivity index (χ0v) is 11.5. The number of halogens is 1. The van der Waals surface area contributed by atoms with Gasteiger partial charge in [0.25, 0.3) is 5.56 Å². The number of hydrogen-bond donors (Lipinski definition) is 0. The van der Waals surface area contributed by atoms with Gasteiger partial charge in [-0.25, -0.2) is 4.98 Å². The summed E-state index contributed by atoms with van der Waals surface area (Å²) < 4.78 is 12.6. The molecule has 1 atom stereocenters. The molecule has 0 aliphatic carbocycles. The molecule has 96 valence electrons. The highest BCUT2D eigenvalue weighted by Crippen LogP contribution is 2.09. The fourth-order valence-electron chi connectivity index (χ4n) is 1.77. The molecule has 1 aromatic heterocycles. The van der Waals surface area contributed by atoms with E-state index in [9.17, 15) is 9.00 Å². The van der Waals surface area contributed by atoms with Crippen molar-refractivity contribution in [2.24, 2.45) is 0 Å². The van der Waals surface area contributed by atoms with Gasteiger partial charge in [-0.3, -0.25) is 13.6 Å². The predicted octanol–water partition coefficient (Wildman–Crippen LogP) is 1.51. The van der Waals surface area contributed by atoms with E-state index in [0.717, 1.165) is 0 Å². The van der Waals surface area contributed by atoms with Gasteiger partial charge in [-0.05, 0) is 12.1 Å². The van der Waals surface area contributed by atoms with Crippen molar-refractivity contribution in [1.29, 1.82) is 0 Å². The summed E-state index contributed by atoms with van der Waals surface area (Å²) in [7, 11) is -0.949. The minimum Gasteiger partial charge on any atom is -0.294 e. The lowest BCUT2D eigenvalue weighted by Crippen LogP contribution is -2.27. The van der Waals surface area contributed by atoms with Gasteiger partial charge in [0, 0.05) is 29.4 Å². The van der Waals surface area contributed by atoms with Crippen LogP contribution in [0.5, 0.6) is 0 Å². The average molecular weight is 285 g/mol. The van der Waals surface area contributed by atoms with Crippen LogP contribution in [0.25, 0.3) is 10.9 Å². The van der Waals surface area contributed by atoms with Gasteiger partial charge >= 0.3 is 0 Å². The van der Waals surface area contributed by atoms with Crippen LogP contribution in [0.15, 0.2) is 29.1 Å². The molecule has 1 unspecified atom stereocenters. The molecule has 0 aliphatic heterocycles. The molecule has 2 rings (SSSR count). The van der Waals surface area contributed by atoms with Crippen molar-refractivity contribution in [3.8, 4) is 0 Å². The molecule has 0 N–H and O–H groups in total. The quantitative estimate of drug-likeness (QED) is 0.800. The van der Waals surface area contributed by atoms with Gasteiger partial charge in [0.15, 0.2) is 0 Å². The van der Waals surface area contributed by atoms with Crippen LogP contribution < -0.4 is 5.56 Å². The molecular weight excluding hydrogens is 272 g/mol. The van der Waals surface area contributed by atoms with E-state index < -0.39 is 10.8 Å². The summed E-state index contributed by atoms with van der Waals surface area (Å²) in [5.41, 5.74) is 0.522. The topological polar surface area (TPSA) is 52.0 Å². The maximum atomic E-state index is 12.3. The molecule has 0 spiro atoms. The van der Waals surface area contributed by atoms with Gasteiger partial charge < -0.3 is 0 Å². The molecule has 0 saturated carbocycles. The first kappa shape index (κ1) is 13.2. The summed E-state index contributed by atoms with van der Waals surface area (Å²) in [6, 6.07) is 7.16. The SMILES string of the molecule is CS(=O)CCn1c(CCl)nc2ccccc2c1=O. The molecule has 0 radical (unpaired) electrons. The summed E-state index contributed by atoms with van der Waals surface area (Å²) in [6.07, 6.45) is 1.61. The third kappa shape index (κ3) is 2.62. The van der Waals surface area contributed by atoms with Crippen molar-refractivity contribution in [2.45, 2.75) is 12.4 Å². The number of alkyl halides is 1. The van der Waals surface area contributed by atoms with E-state index in [1.54, 1.807) is 24.5 Å². The van der Waals surface area contributed by atoms with Crippen molar-refractivity contribution in [1.82, 2.24) is 9.55 Å². The Labute approximate surface area is 112 Å². The van der Waals surface area contributed by atoms with Gasteiger partial charge in [0.1, 0.15) is 5.82 Å². The van der Waals surface area contributed by atoms with Gasteiger partial charge in [-0.1, -0.05) is 12.1 Å². The zero-order valence-electron chi connectivity index (χ0n) is 9.93. The van der Waals surface area contributed by atoms with Crippen LogP contribution >= 0.6 is 11.6 Å². The average Bonchev–Trinajstić information content (AvgIpc) is 2.37.